The number of methoxy groups -OCH3 is 1. The van der Waals surface area contributed by atoms with E-state index in [1.165, 1.54) is 25.4 Å². The minimum Gasteiger partial charge on any atom is -0.481 e. The number of rotatable bonds is 4. The van der Waals surface area contributed by atoms with Gasteiger partial charge < -0.3 is 9.84 Å². The molecule has 0 bridgehead atoms. The van der Waals surface area contributed by atoms with Gasteiger partial charge in [-0.3, -0.25) is 0 Å². The third kappa shape index (κ3) is 3.72. The van der Waals surface area contributed by atoms with Crippen molar-refractivity contribution in [1.29, 1.82) is 0 Å². The van der Waals surface area contributed by atoms with E-state index < -0.39 is 17.8 Å². The maximum absolute atomic E-state index is 12.5. The molecule has 1 atom stereocenters. The highest BCUT2D eigenvalue weighted by Crippen LogP contribution is 2.30. The van der Waals surface area contributed by atoms with Gasteiger partial charge in [-0.1, -0.05) is 12.1 Å². The minimum atomic E-state index is -4.36. The van der Waals surface area contributed by atoms with Crippen LogP contribution in [0.5, 0.6) is 5.88 Å². The first kappa shape index (κ1) is 15.3. The molecule has 2 aromatic rings. The summed E-state index contributed by atoms with van der Waals surface area (Å²) in [6.45, 7) is 0. The van der Waals surface area contributed by atoms with Crippen LogP contribution in [0.1, 0.15) is 22.8 Å². The molecule has 1 N–H and O–H groups in total. The predicted molar refractivity (Wildman–Crippen MR) is 70.9 cm³/mol. The second-order valence-electron chi connectivity index (χ2n) is 4.52. The van der Waals surface area contributed by atoms with Crippen molar-refractivity contribution >= 4 is 0 Å². The third-order valence-electron chi connectivity index (χ3n) is 3.06. The Morgan fingerprint density at radius 3 is 2.43 bits per heavy atom. The van der Waals surface area contributed by atoms with Gasteiger partial charge in [-0.25, -0.2) is 4.98 Å². The first-order valence-electron chi connectivity index (χ1n) is 6.25. The molecule has 0 fully saturated rings. The summed E-state index contributed by atoms with van der Waals surface area (Å²) in [6.07, 6.45) is -3.54. The first-order chi connectivity index (χ1) is 9.91. The molecule has 21 heavy (non-hydrogen) atoms. The number of aliphatic hydroxyl groups is 1. The van der Waals surface area contributed by atoms with Gasteiger partial charge in [-0.2, -0.15) is 13.2 Å². The number of alkyl halides is 3. The molecule has 1 heterocycles. The van der Waals surface area contributed by atoms with Crippen molar-refractivity contribution in [3.63, 3.8) is 0 Å². The molecule has 3 nitrogen and oxygen atoms in total. The standard InChI is InChI=1S/C15H14F3NO2/c1-21-14-12(3-2-8-19-14)13(20)9-10-4-6-11(7-5-10)15(16,17)18/h2-8,13,20H,9H2,1H3. The van der Waals surface area contributed by atoms with E-state index >= 15 is 0 Å². The predicted octanol–water partition coefficient (Wildman–Crippen LogP) is 3.39. The molecule has 1 unspecified atom stereocenters. The van der Waals surface area contributed by atoms with Crippen molar-refractivity contribution in [2.45, 2.75) is 18.7 Å². The van der Waals surface area contributed by atoms with E-state index in [9.17, 15) is 18.3 Å². The maximum Gasteiger partial charge on any atom is 0.416 e. The Morgan fingerprint density at radius 1 is 1.19 bits per heavy atom. The summed E-state index contributed by atoms with van der Waals surface area (Å²) in [6, 6.07) is 8.04. The van der Waals surface area contributed by atoms with E-state index in [0.29, 0.717) is 17.0 Å². The second kappa shape index (κ2) is 6.13. The molecule has 112 valence electrons. The highest BCUT2D eigenvalue weighted by atomic mass is 19.4. The molecule has 0 aliphatic heterocycles. The van der Waals surface area contributed by atoms with Crippen LogP contribution < -0.4 is 4.74 Å². The van der Waals surface area contributed by atoms with Crippen LogP contribution in [0.2, 0.25) is 0 Å². The number of aliphatic hydroxyl groups excluding tert-OH is 1. The monoisotopic (exact) mass is 297 g/mol. The number of hydrogen-bond donors (Lipinski definition) is 1. The third-order valence-corrected chi connectivity index (χ3v) is 3.06. The summed E-state index contributed by atoms with van der Waals surface area (Å²) in [5.41, 5.74) is 0.390. The second-order valence-corrected chi connectivity index (χ2v) is 4.52. The number of benzene rings is 1. The minimum absolute atomic E-state index is 0.181. The topological polar surface area (TPSA) is 42.4 Å². The van der Waals surface area contributed by atoms with Crippen molar-refractivity contribution in [3.8, 4) is 5.88 Å². The van der Waals surface area contributed by atoms with E-state index in [-0.39, 0.29) is 6.42 Å². The number of pyridine rings is 1. The van der Waals surface area contributed by atoms with Gasteiger partial charge in [-0.05, 0) is 29.8 Å². The molecular weight excluding hydrogens is 283 g/mol. The summed E-state index contributed by atoms with van der Waals surface area (Å²) >= 11 is 0. The quantitative estimate of drug-likeness (QED) is 0.940. The lowest BCUT2D eigenvalue weighted by Crippen LogP contribution is -2.07. The van der Waals surface area contributed by atoms with Gasteiger partial charge in [0.25, 0.3) is 0 Å². The summed E-state index contributed by atoms with van der Waals surface area (Å²) in [5, 5.41) is 10.2. The molecule has 1 aromatic heterocycles. The summed E-state index contributed by atoms with van der Waals surface area (Å²) in [4.78, 5) is 3.98. The Labute approximate surface area is 120 Å². The Balaban J connectivity index is 2.14. The lowest BCUT2D eigenvalue weighted by Gasteiger charge is -2.14. The van der Waals surface area contributed by atoms with Crippen molar-refractivity contribution in [2.75, 3.05) is 7.11 Å². The van der Waals surface area contributed by atoms with Gasteiger partial charge in [0.15, 0.2) is 0 Å². The van der Waals surface area contributed by atoms with Gasteiger partial charge in [0.1, 0.15) is 0 Å². The molecule has 0 amide bonds. The van der Waals surface area contributed by atoms with Crippen LogP contribution in [-0.2, 0) is 12.6 Å². The van der Waals surface area contributed by atoms with E-state index in [0.717, 1.165) is 12.1 Å². The number of nitrogens with zero attached hydrogens (tertiary/aromatic N) is 1. The lowest BCUT2D eigenvalue weighted by atomic mass is 10.0. The lowest BCUT2D eigenvalue weighted by molar-refractivity contribution is -0.137. The Kier molecular flexibility index (Phi) is 4.47. The Morgan fingerprint density at radius 2 is 1.86 bits per heavy atom. The first-order valence-corrected chi connectivity index (χ1v) is 6.25. The van der Waals surface area contributed by atoms with E-state index in [1.807, 2.05) is 0 Å². The molecule has 0 radical (unpaired) electrons. The molecule has 0 saturated carbocycles. The summed E-state index contributed by atoms with van der Waals surface area (Å²) in [5.74, 6) is 0.303. The maximum atomic E-state index is 12.5. The van der Waals surface area contributed by atoms with Crippen LogP contribution in [0, 0.1) is 0 Å². The van der Waals surface area contributed by atoms with Crippen LogP contribution in [0.25, 0.3) is 0 Å². The number of halogens is 3. The van der Waals surface area contributed by atoms with Crippen LogP contribution in [-0.4, -0.2) is 17.2 Å². The van der Waals surface area contributed by atoms with Crippen molar-refractivity contribution in [1.82, 2.24) is 4.98 Å². The van der Waals surface area contributed by atoms with Gasteiger partial charge in [0.05, 0.1) is 18.8 Å². The zero-order chi connectivity index (χ0) is 15.5. The Bertz CT molecular complexity index is 597. The van der Waals surface area contributed by atoms with Gasteiger partial charge in [0.2, 0.25) is 5.88 Å². The van der Waals surface area contributed by atoms with Crippen molar-refractivity contribution in [2.24, 2.45) is 0 Å². The van der Waals surface area contributed by atoms with Crippen LogP contribution in [0.3, 0.4) is 0 Å². The molecular formula is C15H14F3NO2. The van der Waals surface area contributed by atoms with Gasteiger partial charge in [0, 0.05) is 18.2 Å². The van der Waals surface area contributed by atoms with Gasteiger partial charge >= 0.3 is 6.18 Å². The normalized spacial score (nSPS) is 13.0. The largest absolute Gasteiger partial charge is 0.481 e. The average molecular weight is 297 g/mol. The fraction of sp³-hybridized carbons (Fsp3) is 0.267. The molecule has 1 aromatic carbocycles. The van der Waals surface area contributed by atoms with E-state index in [1.54, 1.807) is 12.1 Å². The van der Waals surface area contributed by atoms with Crippen LogP contribution >= 0.6 is 0 Å². The number of aromatic nitrogens is 1. The zero-order valence-electron chi connectivity index (χ0n) is 11.3. The van der Waals surface area contributed by atoms with Gasteiger partial charge in [-0.15, -0.1) is 0 Å². The average Bonchev–Trinajstić information content (AvgIpc) is 2.46. The molecule has 0 aliphatic carbocycles. The van der Waals surface area contributed by atoms with Crippen molar-refractivity contribution in [3.05, 3.63) is 59.3 Å². The Hall–Kier alpha value is -2.08. The van der Waals surface area contributed by atoms with Crippen LogP contribution in [0.4, 0.5) is 13.2 Å². The van der Waals surface area contributed by atoms with Crippen molar-refractivity contribution < 1.29 is 23.0 Å². The molecule has 0 aliphatic rings. The fourth-order valence-electron chi connectivity index (χ4n) is 1.99. The summed E-state index contributed by atoms with van der Waals surface area (Å²) in [7, 11) is 1.44. The van der Waals surface area contributed by atoms with E-state index in [4.69, 9.17) is 4.74 Å². The molecule has 0 spiro atoms. The fourth-order valence-corrected chi connectivity index (χ4v) is 1.99. The molecule has 2 rings (SSSR count). The zero-order valence-corrected chi connectivity index (χ0v) is 11.3. The van der Waals surface area contributed by atoms with E-state index in [2.05, 4.69) is 4.98 Å². The summed E-state index contributed by atoms with van der Waals surface area (Å²) < 4.78 is 42.5. The SMILES string of the molecule is COc1ncccc1C(O)Cc1ccc(C(F)(F)F)cc1. The van der Waals surface area contributed by atoms with Crippen LogP contribution in [0.15, 0.2) is 42.6 Å². The highest BCUT2D eigenvalue weighted by Gasteiger charge is 2.30. The number of hydrogen-bond acceptors (Lipinski definition) is 3. The highest BCUT2D eigenvalue weighted by molar-refractivity contribution is 5.31. The molecule has 6 heteroatoms. The molecule has 0 saturated heterocycles. The smallest absolute Gasteiger partial charge is 0.416 e. The number of ether oxygens (including phenoxy) is 1.